The van der Waals surface area contributed by atoms with Crippen LogP contribution < -0.4 is 9.47 Å². The monoisotopic (exact) mass is 293 g/mol. The molecule has 0 aliphatic heterocycles. The second kappa shape index (κ2) is 6.25. The van der Waals surface area contributed by atoms with Gasteiger partial charge >= 0.3 is 5.97 Å². The van der Waals surface area contributed by atoms with Crippen LogP contribution in [0.4, 0.5) is 0 Å². The van der Waals surface area contributed by atoms with Crippen LogP contribution in [0.3, 0.4) is 0 Å². The van der Waals surface area contributed by atoms with Gasteiger partial charge in [0, 0.05) is 6.07 Å². The summed E-state index contributed by atoms with van der Waals surface area (Å²) in [4.78, 5) is 14.7. The summed E-state index contributed by atoms with van der Waals surface area (Å²) in [5.74, 6) is 0.361. The second-order valence-corrected chi connectivity index (χ2v) is 4.36. The highest BCUT2D eigenvalue weighted by atomic mass is 35.5. The maximum Gasteiger partial charge on any atom is 0.344 e. The van der Waals surface area contributed by atoms with Gasteiger partial charge in [-0.2, -0.15) is 0 Å². The van der Waals surface area contributed by atoms with Gasteiger partial charge in [0.25, 0.3) is 0 Å². The van der Waals surface area contributed by atoms with Gasteiger partial charge in [0.1, 0.15) is 16.7 Å². The van der Waals surface area contributed by atoms with E-state index >= 15 is 0 Å². The van der Waals surface area contributed by atoms with Crippen molar-refractivity contribution in [2.45, 2.75) is 13.0 Å². The first-order valence-corrected chi connectivity index (χ1v) is 6.22. The number of carbonyl (C=O) groups is 1. The Morgan fingerprint density at radius 2 is 1.85 bits per heavy atom. The van der Waals surface area contributed by atoms with Crippen molar-refractivity contribution in [1.82, 2.24) is 4.98 Å². The van der Waals surface area contributed by atoms with Crippen LogP contribution in [0, 0.1) is 0 Å². The summed E-state index contributed by atoms with van der Waals surface area (Å²) in [7, 11) is 0. The van der Waals surface area contributed by atoms with E-state index < -0.39 is 12.1 Å². The molecule has 1 N–H and O–H groups in total. The van der Waals surface area contributed by atoms with Crippen LogP contribution in [0.15, 0.2) is 42.5 Å². The van der Waals surface area contributed by atoms with Crippen LogP contribution in [0.5, 0.6) is 17.4 Å². The van der Waals surface area contributed by atoms with E-state index in [9.17, 15) is 4.79 Å². The number of aliphatic carboxylic acids is 1. The minimum Gasteiger partial charge on any atom is -0.479 e. The van der Waals surface area contributed by atoms with E-state index in [2.05, 4.69) is 4.98 Å². The van der Waals surface area contributed by atoms with Gasteiger partial charge in [-0.05, 0) is 37.3 Å². The average Bonchev–Trinajstić information content (AvgIpc) is 2.41. The number of ether oxygens (including phenoxy) is 2. The standard InChI is InChI=1S/C14H12ClNO4/c1-9(14(17)18)19-10-5-7-11(8-6-10)20-13-4-2-3-12(15)16-13/h2-9H,1H3,(H,17,18). The highest BCUT2D eigenvalue weighted by Crippen LogP contribution is 2.23. The molecule has 0 amide bonds. The summed E-state index contributed by atoms with van der Waals surface area (Å²) in [5, 5.41) is 9.09. The van der Waals surface area contributed by atoms with Gasteiger partial charge in [-0.15, -0.1) is 0 Å². The van der Waals surface area contributed by atoms with Crippen LogP contribution in [0.1, 0.15) is 6.92 Å². The van der Waals surface area contributed by atoms with E-state index in [1.165, 1.54) is 6.92 Å². The number of carboxylic acids is 1. The van der Waals surface area contributed by atoms with Gasteiger partial charge in [0.05, 0.1) is 0 Å². The molecule has 104 valence electrons. The lowest BCUT2D eigenvalue weighted by Gasteiger charge is -2.11. The summed E-state index contributed by atoms with van der Waals surface area (Å²) in [5.41, 5.74) is 0. The Kier molecular flexibility index (Phi) is 4.42. The van der Waals surface area contributed by atoms with Crippen molar-refractivity contribution >= 4 is 17.6 Å². The van der Waals surface area contributed by atoms with Gasteiger partial charge in [-0.3, -0.25) is 0 Å². The fourth-order valence-electron chi connectivity index (χ4n) is 1.41. The molecule has 0 aliphatic rings. The number of halogens is 1. The van der Waals surface area contributed by atoms with Crippen LogP contribution >= 0.6 is 11.6 Å². The van der Waals surface area contributed by atoms with Crippen molar-refractivity contribution in [3.8, 4) is 17.4 Å². The Bertz CT molecular complexity index is 600. The highest BCUT2D eigenvalue weighted by Gasteiger charge is 2.12. The molecular formula is C14H12ClNO4. The molecule has 1 atom stereocenters. The van der Waals surface area contributed by atoms with Crippen LogP contribution in [0.25, 0.3) is 0 Å². The molecule has 1 aromatic carbocycles. The molecule has 0 bridgehead atoms. The fraction of sp³-hybridized carbons (Fsp3) is 0.143. The maximum absolute atomic E-state index is 10.7. The number of benzene rings is 1. The Balaban J connectivity index is 2.03. The number of nitrogens with zero attached hydrogens (tertiary/aromatic N) is 1. The molecule has 1 heterocycles. The van der Waals surface area contributed by atoms with Gasteiger partial charge in [0.15, 0.2) is 6.10 Å². The fourth-order valence-corrected chi connectivity index (χ4v) is 1.56. The third-order valence-corrected chi connectivity index (χ3v) is 2.61. The molecule has 20 heavy (non-hydrogen) atoms. The zero-order valence-corrected chi connectivity index (χ0v) is 11.4. The smallest absolute Gasteiger partial charge is 0.344 e. The Morgan fingerprint density at radius 3 is 2.45 bits per heavy atom. The maximum atomic E-state index is 10.7. The van der Waals surface area contributed by atoms with Gasteiger partial charge in [-0.1, -0.05) is 17.7 Å². The lowest BCUT2D eigenvalue weighted by molar-refractivity contribution is -0.144. The first-order chi connectivity index (χ1) is 9.54. The molecule has 0 aliphatic carbocycles. The van der Waals surface area contributed by atoms with Crippen molar-refractivity contribution in [3.63, 3.8) is 0 Å². The number of rotatable bonds is 5. The lowest BCUT2D eigenvalue weighted by atomic mass is 10.3. The third kappa shape index (κ3) is 3.86. The molecule has 5 nitrogen and oxygen atoms in total. The number of pyridine rings is 1. The predicted octanol–water partition coefficient (Wildman–Crippen LogP) is 3.38. The predicted molar refractivity (Wildman–Crippen MR) is 73.5 cm³/mol. The van der Waals surface area contributed by atoms with Gasteiger partial charge in [0.2, 0.25) is 5.88 Å². The topological polar surface area (TPSA) is 68.7 Å². The Labute approximate surface area is 120 Å². The summed E-state index contributed by atoms with van der Waals surface area (Å²) in [6, 6.07) is 11.6. The zero-order chi connectivity index (χ0) is 14.5. The summed E-state index contributed by atoms with van der Waals surface area (Å²) in [6.45, 7) is 1.46. The molecule has 1 unspecified atom stereocenters. The molecular weight excluding hydrogens is 282 g/mol. The quantitative estimate of drug-likeness (QED) is 0.856. The van der Waals surface area contributed by atoms with E-state index in [-0.39, 0.29) is 0 Å². The van der Waals surface area contributed by atoms with Crippen molar-refractivity contribution in [1.29, 1.82) is 0 Å². The SMILES string of the molecule is CC(Oc1ccc(Oc2cccc(Cl)n2)cc1)C(=O)O. The summed E-state index contributed by atoms with van der Waals surface area (Å²) >= 11 is 5.76. The number of hydrogen-bond acceptors (Lipinski definition) is 4. The molecule has 0 saturated carbocycles. The molecule has 0 saturated heterocycles. The number of carboxylic acid groups (broad SMARTS) is 1. The lowest BCUT2D eigenvalue weighted by Crippen LogP contribution is -2.22. The van der Waals surface area contributed by atoms with Crippen LogP contribution in [0.2, 0.25) is 5.15 Å². The first-order valence-electron chi connectivity index (χ1n) is 5.84. The first kappa shape index (κ1) is 14.1. The van der Waals surface area contributed by atoms with Gasteiger partial charge < -0.3 is 14.6 Å². The van der Waals surface area contributed by atoms with E-state index in [0.29, 0.717) is 22.5 Å². The average molecular weight is 294 g/mol. The molecule has 0 fully saturated rings. The van der Waals surface area contributed by atoms with E-state index in [1.54, 1.807) is 42.5 Å². The minimum atomic E-state index is -1.02. The van der Waals surface area contributed by atoms with Crippen molar-refractivity contribution in [3.05, 3.63) is 47.6 Å². The summed E-state index contributed by atoms with van der Waals surface area (Å²) < 4.78 is 10.7. The third-order valence-electron chi connectivity index (χ3n) is 2.40. The molecule has 2 rings (SSSR count). The summed E-state index contributed by atoms with van der Waals surface area (Å²) in [6.07, 6.45) is -0.906. The van der Waals surface area contributed by atoms with Crippen LogP contribution in [-0.4, -0.2) is 22.2 Å². The van der Waals surface area contributed by atoms with E-state index in [4.69, 9.17) is 26.2 Å². The van der Waals surface area contributed by atoms with Crippen LogP contribution in [-0.2, 0) is 4.79 Å². The normalized spacial score (nSPS) is 11.7. The molecule has 0 radical (unpaired) electrons. The van der Waals surface area contributed by atoms with Crippen molar-refractivity contribution < 1.29 is 19.4 Å². The number of aromatic nitrogens is 1. The second-order valence-electron chi connectivity index (χ2n) is 3.97. The van der Waals surface area contributed by atoms with E-state index in [0.717, 1.165) is 0 Å². The number of hydrogen-bond donors (Lipinski definition) is 1. The molecule has 2 aromatic rings. The van der Waals surface area contributed by atoms with Crippen molar-refractivity contribution in [2.24, 2.45) is 0 Å². The molecule has 1 aromatic heterocycles. The zero-order valence-electron chi connectivity index (χ0n) is 10.6. The van der Waals surface area contributed by atoms with Gasteiger partial charge in [-0.25, -0.2) is 9.78 Å². The Hall–Kier alpha value is -2.27. The Morgan fingerprint density at radius 1 is 1.20 bits per heavy atom. The molecule has 6 heteroatoms. The highest BCUT2D eigenvalue weighted by molar-refractivity contribution is 6.29. The van der Waals surface area contributed by atoms with Crippen molar-refractivity contribution in [2.75, 3.05) is 0 Å². The van der Waals surface area contributed by atoms with E-state index in [1.807, 2.05) is 0 Å². The largest absolute Gasteiger partial charge is 0.479 e. The minimum absolute atomic E-state index is 0.345. The molecule has 0 spiro atoms.